The molecule has 0 aliphatic rings. The van der Waals surface area contributed by atoms with E-state index in [9.17, 15) is 0 Å². The Hall–Kier alpha value is 0.0600. The molecule has 3 aromatic rings. The minimum absolute atomic E-state index is 0.393. The van der Waals surface area contributed by atoms with Gasteiger partial charge in [0.25, 0.3) is 0 Å². The Balaban J connectivity index is 2.11. The molecule has 0 unspecified atom stereocenters. The second-order valence-corrected chi connectivity index (χ2v) is 8.65. The SMILES string of the molecule is Clc1cc(Cl)c(-c2cnc(-c3cc(Cl)c(Cl)cc3Cl)c(I)c2)cc1Cl. The molecule has 0 spiro atoms. The first kappa shape index (κ1) is 19.8. The van der Waals surface area contributed by atoms with Crippen molar-refractivity contribution in [3.05, 3.63) is 70.2 Å². The molecular formula is C17H6Cl6IN. The Morgan fingerprint density at radius 3 is 1.64 bits per heavy atom. The second-order valence-electron chi connectivity index (χ2n) is 5.05. The van der Waals surface area contributed by atoms with E-state index in [0.717, 1.165) is 14.7 Å². The van der Waals surface area contributed by atoms with Gasteiger partial charge in [0.15, 0.2) is 0 Å². The summed E-state index contributed by atoms with van der Waals surface area (Å²) in [6.07, 6.45) is 1.70. The maximum atomic E-state index is 6.29. The minimum Gasteiger partial charge on any atom is -0.254 e. The van der Waals surface area contributed by atoms with Gasteiger partial charge in [0, 0.05) is 26.5 Å². The highest BCUT2D eigenvalue weighted by atomic mass is 127. The monoisotopic (exact) mass is 561 g/mol. The average molecular weight is 564 g/mol. The van der Waals surface area contributed by atoms with Crippen LogP contribution in [0.25, 0.3) is 22.4 Å². The molecule has 8 heteroatoms. The molecule has 0 N–H and O–H groups in total. The molecule has 1 aromatic heterocycles. The van der Waals surface area contributed by atoms with Crippen molar-refractivity contribution in [2.45, 2.75) is 0 Å². The van der Waals surface area contributed by atoms with Crippen molar-refractivity contribution in [3.8, 4) is 22.4 Å². The van der Waals surface area contributed by atoms with E-state index in [-0.39, 0.29) is 0 Å². The van der Waals surface area contributed by atoms with Gasteiger partial charge in [-0.2, -0.15) is 0 Å². The van der Waals surface area contributed by atoms with E-state index >= 15 is 0 Å². The van der Waals surface area contributed by atoms with Gasteiger partial charge in [-0.05, 0) is 52.9 Å². The smallest absolute Gasteiger partial charge is 0.0851 e. The van der Waals surface area contributed by atoms with Crippen molar-refractivity contribution in [1.29, 1.82) is 0 Å². The summed E-state index contributed by atoms with van der Waals surface area (Å²) >= 11 is 38.9. The number of halogens is 7. The van der Waals surface area contributed by atoms with Crippen molar-refractivity contribution in [1.82, 2.24) is 4.98 Å². The lowest BCUT2D eigenvalue weighted by atomic mass is 10.1. The second kappa shape index (κ2) is 7.97. The predicted octanol–water partition coefficient (Wildman–Crippen LogP) is 8.94. The van der Waals surface area contributed by atoms with Crippen LogP contribution in [0.2, 0.25) is 30.1 Å². The maximum absolute atomic E-state index is 6.29. The van der Waals surface area contributed by atoms with Crippen LogP contribution in [0.1, 0.15) is 0 Å². The van der Waals surface area contributed by atoms with Gasteiger partial charge < -0.3 is 0 Å². The van der Waals surface area contributed by atoms with E-state index in [1.54, 1.807) is 30.5 Å². The Kier molecular flexibility index (Phi) is 6.32. The molecule has 0 aliphatic carbocycles. The average Bonchev–Trinajstić information content (AvgIpc) is 2.55. The summed E-state index contributed by atoms with van der Waals surface area (Å²) in [7, 11) is 0. The van der Waals surface area contributed by atoms with Gasteiger partial charge in [-0.3, -0.25) is 4.98 Å². The van der Waals surface area contributed by atoms with Crippen LogP contribution in [0, 0.1) is 3.57 Å². The predicted molar refractivity (Wildman–Crippen MR) is 118 cm³/mol. The Labute approximate surface area is 188 Å². The summed E-state index contributed by atoms with van der Waals surface area (Å²) in [5, 5.41) is 2.59. The highest BCUT2D eigenvalue weighted by Crippen LogP contribution is 2.39. The third-order valence-electron chi connectivity index (χ3n) is 3.43. The van der Waals surface area contributed by atoms with E-state index in [1.165, 1.54) is 0 Å². The Bertz CT molecular complexity index is 989. The van der Waals surface area contributed by atoms with Crippen LogP contribution in [0.15, 0.2) is 36.5 Å². The fourth-order valence-corrected chi connectivity index (χ4v) is 4.29. The molecule has 0 fully saturated rings. The van der Waals surface area contributed by atoms with E-state index in [4.69, 9.17) is 69.6 Å². The number of pyridine rings is 1. The third-order valence-corrected chi connectivity index (χ3v) is 6.32. The number of hydrogen-bond acceptors (Lipinski definition) is 1. The first-order valence-corrected chi connectivity index (χ1v) is 10.1. The molecule has 128 valence electrons. The molecule has 0 aliphatic heterocycles. The molecule has 3 rings (SSSR count). The van der Waals surface area contributed by atoms with Crippen LogP contribution in [-0.4, -0.2) is 4.98 Å². The summed E-state index contributed by atoms with van der Waals surface area (Å²) < 4.78 is 0.873. The van der Waals surface area contributed by atoms with Crippen LogP contribution in [0.5, 0.6) is 0 Å². The molecule has 25 heavy (non-hydrogen) atoms. The van der Waals surface area contributed by atoms with E-state index in [2.05, 4.69) is 27.6 Å². The highest BCUT2D eigenvalue weighted by molar-refractivity contribution is 14.1. The topological polar surface area (TPSA) is 12.9 Å². The maximum Gasteiger partial charge on any atom is 0.0851 e. The molecule has 0 saturated carbocycles. The first-order valence-electron chi connectivity index (χ1n) is 6.73. The van der Waals surface area contributed by atoms with E-state index in [1.807, 2.05) is 6.07 Å². The van der Waals surface area contributed by atoms with Gasteiger partial charge in [0.1, 0.15) is 0 Å². The molecule has 0 saturated heterocycles. The Morgan fingerprint density at radius 1 is 0.600 bits per heavy atom. The van der Waals surface area contributed by atoms with Gasteiger partial charge in [-0.15, -0.1) is 0 Å². The zero-order chi connectivity index (χ0) is 18.3. The minimum atomic E-state index is 0.393. The fourth-order valence-electron chi connectivity index (χ4n) is 2.23. The lowest BCUT2D eigenvalue weighted by Crippen LogP contribution is -1.92. The molecule has 0 bridgehead atoms. The van der Waals surface area contributed by atoms with Gasteiger partial charge in [-0.1, -0.05) is 69.6 Å². The molecule has 2 aromatic carbocycles. The van der Waals surface area contributed by atoms with Crippen LogP contribution in [0.3, 0.4) is 0 Å². The number of hydrogen-bond donors (Lipinski definition) is 0. The van der Waals surface area contributed by atoms with E-state index < -0.39 is 0 Å². The summed E-state index contributed by atoms with van der Waals surface area (Å²) in [6.45, 7) is 0. The number of benzene rings is 2. The zero-order valence-corrected chi connectivity index (χ0v) is 18.8. The molecule has 0 amide bonds. The van der Waals surface area contributed by atoms with Gasteiger partial charge in [0.05, 0.1) is 35.8 Å². The Morgan fingerprint density at radius 2 is 1.08 bits per heavy atom. The molecule has 0 radical (unpaired) electrons. The van der Waals surface area contributed by atoms with Crippen molar-refractivity contribution in [2.24, 2.45) is 0 Å². The van der Waals surface area contributed by atoms with Gasteiger partial charge >= 0.3 is 0 Å². The highest BCUT2D eigenvalue weighted by Gasteiger charge is 2.15. The van der Waals surface area contributed by atoms with Crippen molar-refractivity contribution >= 4 is 92.2 Å². The zero-order valence-electron chi connectivity index (χ0n) is 12.1. The summed E-state index contributed by atoms with van der Waals surface area (Å²) in [5.41, 5.74) is 2.96. The number of nitrogens with zero attached hydrogens (tertiary/aromatic N) is 1. The molecule has 0 atom stereocenters. The summed E-state index contributed by atoms with van der Waals surface area (Å²) in [6, 6.07) is 8.56. The van der Waals surface area contributed by atoms with Crippen LogP contribution in [-0.2, 0) is 0 Å². The summed E-state index contributed by atoms with van der Waals surface area (Å²) in [4.78, 5) is 4.52. The van der Waals surface area contributed by atoms with E-state index in [0.29, 0.717) is 41.4 Å². The van der Waals surface area contributed by atoms with Crippen molar-refractivity contribution in [2.75, 3.05) is 0 Å². The van der Waals surface area contributed by atoms with Crippen LogP contribution >= 0.6 is 92.2 Å². The third kappa shape index (κ3) is 4.16. The summed E-state index contributed by atoms with van der Waals surface area (Å²) in [5.74, 6) is 0. The largest absolute Gasteiger partial charge is 0.254 e. The molecule has 1 heterocycles. The number of rotatable bonds is 2. The van der Waals surface area contributed by atoms with Gasteiger partial charge in [0.2, 0.25) is 0 Å². The van der Waals surface area contributed by atoms with Crippen LogP contribution < -0.4 is 0 Å². The normalized spacial score (nSPS) is 11.0. The van der Waals surface area contributed by atoms with Crippen molar-refractivity contribution in [3.63, 3.8) is 0 Å². The lowest BCUT2D eigenvalue weighted by Gasteiger charge is -2.11. The van der Waals surface area contributed by atoms with Gasteiger partial charge in [-0.25, -0.2) is 0 Å². The lowest BCUT2D eigenvalue weighted by molar-refractivity contribution is 1.30. The number of aromatic nitrogens is 1. The molecule has 1 nitrogen and oxygen atoms in total. The molecular weight excluding hydrogens is 558 g/mol. The quantitative estimate of drug-likeness (QED) is 0.224. The first-order chi connectivity index (χ1) is 11.8. The standard InChI is InChI=1S/C17H6Cl6IN/c18-10-4-14(22)12(20)2-8(10)7-1-16(24)17(25-6-7)9-3-13(21)15(23)5-11(9)19/h1-6H. The van der Waals surface area contributed by atoms with Crippen LogP contribution in [0.4, 0.5) is 0 Å². The fraction of sp³-hybridized carbons (Fsp3) is 0. The van der Waals surface area contributed by atoms with Crippen molar-refractivity contribution < 1.29 is 0 Å².